The van der Waals surface area contributed by atoms with E-state index in [1.165, 1.54) is 32.1 Å². The average Bonchev–Trinajstić information content (AvgIpc) is 2.24. The highest BCUT2D eigenvalue weighted by Gasteiger charge is 2.10. The number of unbranched alkanes of at least 4 members (excludes halogenated alkanes) is 3. The molecule has 0 spiro atoms. The lowest BCUT2D eigenvalue weighted by molar-refractivity contribution is -0.0118. The predicted molar refractivity (Wildman–Crippen MR) is 67.1 cm³/mol. The summed E-state index contributed by atoms with van der Waals surface area (Å²) in [4.78, 5) is 0. The minimum Gasteiger partial charge on any atom is -0.375 e. The van der Waals surface area contributed by atoms with Crippen LogP contribution in [0.5, 0.6) is 0 Å². The van der Waals surface area contributed by atoms with Gasteiger partial charge in [-0.2, -0.15) is 0 Å². The van der Waals surface area contributed by atoms with Gasteiger partial charge in [-0.15, -0.1) is 0 Å². The van der Waals surface area contributed by atoms with E-state index in [0.717, 1.165) is 19.4 Å². The van der Waals surface area contributed by atoms with Gasteiger partial charge in [-0.05, 0) is 32.7 Å². The lowest BCUT2D eigenvalue weighted by Crippen LogP contribution is -2.22. The summed E-state index contributed by atoms with van der Waals surface area (Å²) in [6.07, 6.45) is 9.35. The van der Waals surface area contributed by atoms with Crippen LogP contribution in [0, 0.1) is 0 Å². The maximum absolute atomic E-state index is 5.94. The Balaban J connectivity index is 3.47. The first kappa shape index (κ1) is 14.9. The molecule has 2 atom stereocenters. The second kappa shape index (κ2) is 10.4. The molecule has 92 valence electrons. The second-order valence-corrected chi connectivity index (χ2v) is 4.40. The highest BCUT2D eigenvalue weighted by atomic mass is 16.5. The minimum absolute atomic E-state index is 0.371. The highest BCUT2D eigenvalue weighted by molar-refractivity contribution is 4.60. The fourth-order valence-corrected chi connectivity index (χ4v) is 1.81. The molecule has 0 saturated heterocycles. The van der Waals surface area contributed by atoms with Crippen molar-refractivity contribution >= 4 is 0 Å². The number of hydrogen-bond donors (Lipinski definition) is 1. The summed E-state index contributed by atoms with van der Waals surface area (Å²) in [5.74, 6) is 0. The molecule has 0 rings (SSSR count). The average molecular weight is 215 g/mol. The van der Waals surface area contributed by atoms with Crippen LogP contribution < -0.4 is 5.73 Å². The predicted octanol–water partition coefficient (Wildman–Crippen LogP) is 3.49. The third-order valence-electron chi connectivity index (χ3n) is 2.83. The molecule has 2 nitrogen and oxygen atoms in total. The first-order valence-electron chi connectivity index (χ1n) is 6.60. The summed E-state index contributed by atoms with van der Waals surface area (Å²) in [6.45, 7) is 7.34. The molecule has 0 radical (unpaired) electrons. The Morgan fingerprint density at radius 1 is 1.07 bits per heavy atom. The molecular formula is C13H29NO. The topological polar surface area (TPSA) is 35.2 Å². The summed E-state index contributed by atoms with van der Waals surface area (Å²) in [5.41, 5.74) is 5.54. The highest BCUT2D eigenvalue weighted by Crippen LogP contribution is 2.12. The van der Waals surface area contributed by atoms with Gasteiger partial charge in [0.15, 0.2) is 0 Å². The van der Waals surface area contributed by atoms with Gasteiger partial charge in [-0.3, -0.25) is 0 Å². The van der Waals surface area contributed by atoms with Crippen LogP contribution in [0.15, 0.2) is 0 Å². The standard InChI is InChI=1S/C13H29NO/c1-4-6-7-8-9-12(3)15-13(5-2)10-11-14/h12-13H,4-11,14H2,1-3H3. The minimum atomic E-state index is 0.371. The van der Waals surface area contributed by atoms with Crippen molar-refractivity contribution in [1.82, 2.24) is 0 Å². The van der Waals surface area contributed by atoms with E-state index < -0.39 is 0 Å². The maximum Gasteiger partial charge on any atom is 0.0588 e. The van der Waals surface area contributed by atoms with Crippen LogP contribution in [0.3, 0.4) is 0 Å². The van der Waals surface area contributed by atoms with E-state index in [0.29, 0.717) is 12.2 Å². The van der Waals surface area contributed by atoms with Crippen LogP contribution in [0.4, 0.5) is 0 Å². The van der Waals surface area contributed by atoms with Gasteiger partial charge in [-0.1, -0.05) is 39.5 Å². The van der Waals surface area contributed by atoms with Crippen molar-refractivity contribution in [1.29, 1.82) is 0 Å². The molecule has 0 aromatic rings. The van der Waals surface area contributed by atoms with Gasteiger partial charge in [0.25, 0.3) is 0 Å². The Morgan fingerprint density at radius 2 is 1.80 bits per heavy atom. The molecule has 15 heavy (non-hydrogen) atoms. The third-order valence-corrected chi connectivity index (χ3v) is 2.83. The van der Waals surface area contributed by atoms with Crippen molar-refractivity contribution in [3.8, 4) is 0 Å². The summed E-state index contributed by atoms with van der Waals surface area (Å²) < 4.78 is 5.94. The molecule has 0 aliphatic rings. The monoisotopic (exact) mass is 215 g/mol. The molecule has 0 aromatic carbocycles. The van der Waals surface area contributed by atoms with Gasteiger partial charge >= 0.3 is 0 Å². The Kier molecular flexibility index (Phi) is 10.4. The van der Waals surface area contributed by atoms with Crippen molar-refractivity contribution in [3.05, 3.63) is 0 Å². The molecule has 0 amide bonds. The lowest BCUT2D eigenvalue weighted by atomic mass is 10.1. The van der Waals surface area contributed by atoms with Gasteiger partial charge in [-0.25, -0.2) is 0 Å². The zero-order valence-electron chi connectivity index (χ0n) is 10.8. The molecule has 0 bridgehead atoms. The Hall–Kier alpha value is -0.0800. The molecule has 0 saturated carbocycles. The van der Waals surface area contributed by atoms with Crippen LogP contribution in [0.25, 0.3) is 0 Å². The van der Waals surface area contributed by atoms with Crippen molar-refractivity contribution in [3.63, 3.8) is 0 Å². The van der Waals surface area contributed by atoms with Crippen LogP contribution in [-0.4, -0.2) is 18.8 Å². The van der Waals surface area contributed by atoms with Crippen molar-refractivity contribution in [2.24, 2.45) is 5.73 Å². The summed E-state index contributed by atoms with van der Waals surface area (Å²) in [7, 11) is 0. The molecule has 2 N–H and O–H groups in total. The first-order valence-corrected chi connectivity index (χ1v) is 6.60. The zero-order chi connectivity index (χ0) is 11.5. The lowest BCUT2D eigenvalue weighted by Gasteiger charge is -2.20. The van der Waals surface area contributed by atoms with Gasteiger partial charge in [0.2, 0.25) is 0 Å². The smallest absolute Gasteiger partial charge is 0.0588 e. The summed E-state index contributed by atoms with van der Waals surface area (Å²) in [5, 5.41) is 0. The molecule has 0 aliphatic carbocycles. The molecule has 0 aliphatic heterocycles. The fraction of sp³-hybridized carbons (Fsp3) is 1.00. The zero-order valence-corrected chi connectivity index (χ0v) is 10.8. The van der Waals surface area contributed by atoms with Crippen LogP contribution in [0.1, 0.15) is 65.7 Å². The first-order chi connectivity index (χ1) is 7.24. The van der Waals surface area contributed by atoms with E-state index in [2.05, 4.69) is 20.8 Å². The summed E-state index contributed by atoms with van der Waals surface area (Å²) >= 11 is 0. The maximum atomic E-state index is 5.94. The van der Waals surface area contributed by atoms with Gasteiger partial charge in [0, 0.05) is 0 Å². The fourth-order valence-electron chi connectivity index (χ4n) is 1.81. The molecule has 0 fully saturated rings. The summed E-state index contributed by atoms with van der Waals surface area (Å²) in [6, 6.07) is 0. The van der Waals surface area contributed by atoms with Crippen LogP contribution in [0.2, 0.25) is 0 Å². The molecule has 2 heteroatoms. The number of hydrogen-bond acceptors (Lipinski definition) is 2. The van der Waals surface area contributed by atoms with Crippen LogP contribution in [-0.2, 0) is 4.74 Å². The van der Waals surface area contributed by atoms with Gasteiger partial charge in [0.1, 0.15) is 0 Å². The van der Waals surface area contributed by atoms with E-state index in [4.69, 9.17) is 10.5 Å². The number of nitrogens with two attached hydrogens (primary N) is 1. The van der Waals surface area contributed by atoms with Gasteiger partial charge in [0.05, 0.1) is 12.2 Å². The van der Waals surface area contributed by atoms with Crippen LogP contribution >= 0.6 is 0 Å². The van der Waals surface area contributed by atoms with Crippen molar-refractivity contribution < 1.29 is 4.74 Å². The third kappa shape index (κ3) is 8.88. The number of ether oxygens (including phenoxy) is 1. The molecule has 0 heterocycles. The van der Waals surface area contributed by atoms with Crippen molar-refractivity contribution in [2.45, 2.75) is 77.9 Å². The van der Waals surface area contributed by atoms with Gasteiger partial charge < -0.3 is 10.5 Å². The van der Waals surface area contributed by atoms with E-state index in [-0.39, 0.29) is 0 Å². The quantitative estimate of drug-likeness (QED) is 0.566. The molecule has 2 unspecified atom stereocenters. The van der Waals surface area contributed by atoms with E-state index in [1.807, 2.05) is 0 Å². The van der Waals surface area contributed by atoms with E-state index in [1.54, 1.807) is 0 Å². The molecule has 0 aromatic heterocycles. The Bertz CT molecular complexity index is 128. The molecular weight excluding hydrogens is 186 g/mol. The van der Waals surface area contributed by atoms with E-state index in [9.17, 15) is 0 Å². The van der Waals surface area contributed by atoms with E-state index >= 15 is 0 Å². The van der Waals surface area contributed by atoms with Crippen molar-refractivity contribution in [2.75, 3.05) is 6.54 Å². The normalized spacial score (nSPS) is 15.2. The Morgan fingerprint density at radius 3 is 2.33 bits per heavy atom. The Labute approximate surface area is 95.6 Å². The largest absolute Gasteiger partial charge is 0.375 e. The SMILES string of the molecule is CCCCCCC(C)OC(CC)CCN. The number of rotatable bonds is 10. The second-order valence-electron chi connectivity index (χ2n) is 4.40.